The molecule has 3 rings (SSSR count). The van der Waals surface area contributed by atoms with Crippen LogP contribution in [0.1, 0.15) is 28.4 Å². The van der Waals surface area contributed by atoms with Crippen LogP contribution in [0.15, 0.2) is 59.8 Å². The van der Waals surface area contributed by atoms with Gasteiger partial charge in [-0.1, -0.05) is 29.8 Å². The van der Waals surface area contributed by atoms with Crippen molar-refractivity contribution in [3.8, 4) is 5.75 Å². The number of amides is 1. The average Bonchev–Trinajstić information content (AvgIpc) is 3.20. The summed E-state index contributed by atoms with van der Waals surface area (Å²) in [4.78, 5) is 12.5. The molecule has 2 aromatic carbocycles. The molecule has 0 spiro atoms. The number of aromatic amines is 1. The van der Waals surface area contributed by atoms with Gasteiger partial charge in [-0.2, -0.15) is 13.5 Å². The molecule has 3 N–H and O–H groups in total. The number of hydrogen-bond acceptors (Lipinski definition) is 5. The summed E-state index contributed by atoms with van der Waals surface area (Å²) in [6.45, 7) is 4.62. The van der Waals surface area contributed by atoms with Gasteiger partial charge < -0.3 is 10.1 Å². The van der Waals surface area contributed by atoms with Gasteiger partial charge in [0.15, 0.2) is 5.03 Å². The molecule has 1 amide bonds. The van der Waals surface area contributed by atoms with Crippen molar-refractivity contribution in [1.82, 2.24) is 15.5 Å². The van der Waals surface area contributed by atoms with Gasteiger partial charge in [0.1, 0.15) is 5.75 Å². The summed E-state index contributed by atoms with van der Waals surface area (Å²) in [5.41, 5.74) is 2.30. The Morgan fingerprint density at radius 1 is 1.10 bits per heavy atom. The van der Waals surface area contributed by atoms with E-state index in [4.69, 9.17) is 4.74 Å². The lowest BCUT2D eigenvalue weighted by Gasteiger charge is -2.10. The Labute approximate surface area is 169 Å². The largest absolute Gasteiger partial charge is 0.494 e. The van der Waals surface area contributed by atoms with Crippen LogP contribution < -0.4 is 14.8 Å². The first-order chi connectivity index (χ1) is 13.9. The lowest BCUT2D eigenvalue weighted by molar-refractivity contribution is 0.0947. The number of anilines is 1. The number of sulfonamides is 1. The van der Waals surface area contributed by atoms with Gasteiger partial charge in [-0.3, -0.25) is 14.6 Å². The van der Waals surface area contributed by atoms with Crippen LogP contribution >= 0.6 is 0 Å². The number of nitrogens with zero attached hydrogens (tertiary/aromatic N) is 1. The van der Waals surface area contributed by atoms with E-state index in [-0.39, 0.29) is 17.1 Å². The quantitative estimate of drug-likeness (QED) is 0.525. The number of carbonyl (C=O) groups is 1. The Bertz CT molecular complexity index is 1070. The molecule has 3 aromatic rings. The summed E-state index contributed by atoms with van der Waals surface area (Å²) < 4.78 is 33.2. The first-order valence-corrected chi connectivity index (χ1v) is 10.5. The van der Waals surface area contributed by atoms with Crippen LogP contribution in [0, 0.1) is 6.92 Å². The Morgan fingerprint density at radius 3 is 2.45 bits per heavy atom. The van der Waals surface area contributed by atoms with Crippen molar-refractivity contribution in [2.45, 2.75) is 25.4 Å². The Balaban J connectivity index is 1.71. The minimum atomic E-state index is -4.03. The summed E-state index contributed by atoms with van der Waals surface area (Å²) >= 11 is 0. The van der Waals surface area contributed by atoms with E-state index in [9.17, 15) is 13.2 Å². The molecule has 0 saturated heterocycles. The molecule has 1 heterocycles. The second kappa shape index (κ2) is 8.78. The predicted octanol–water partition coefficient (Wildman–Crippen LogP) is 2.85. The van der Waals surface area contributed by atoms with E-state index in [0.717, 1.165) is 11.1 Å². The van der Waals surface area contributed by atoms with Gasteiger partial charge in [-0.05, 0) is 43.7 Å². The van der Waals surface area contributed by atoms with Crippen LogP contribution in [0.4, 0.5) is 5.69 Å². The molecule has 0 fully saturated rings. The van der Waals surface area contributed by atoms with Crippen LogP contribution in [0.3, 0.4) is 0 Å². The second-order valence-corrected chi connectivity index (χ2v) is 7.96. The zero-order chi connectivity index (χ0) is 20.9. The number of ether oxygens (including phenoxy) is 1. The molecule has 29 heavy (non-hydrogen) atoms. The van der Waals surface area contributed by atoms with E-state index >= 15 is 0 Å². The molecular weight excluding hydrogens is 392 g/mol. The van der Waals surface area contributed by atoms with E-state index in [0.29, 0.717) is 18.0 Å². The molecule has 0 atom stereocenters. The zero-order valence-electron chi connectivity index (χ0n) is 16.1. The predicted molar refractivity (Wildman–Crippen MR) is 109 cm³/mol. The number of aromatic nitrogens is 2. The van der Waals surface area contributed by atoms with Crippen LogP contribution in [-0.2, 0) is 16.6 Å². The van der Waals surface area contributed by atoms with Crippen molar-refractivity contribution in [3.63, 3.8) is 0 Å². The molecule has 9 heteroatoms. The summed E-state index contributed by atoms with van der Waals surface area (Å²) in [6, 6.07) is 14.2. The van der Waals surface area contributed by atoms with Gasteiger partial charge in [0.25, 0.3) is 15.9 Å². The van der Waals surface area contributed by atoms with Gasteiger partial charge in [0.05, 0.1) is 18.4 Å². The van der Waals surface area contributed by atoms with E-state index < -0.39 is 15.9 Å². The summed E-state index contributed by atoms with van der Waals surface area (Å²) in [6.07, 6.45) is 1.19. The SMILES string of the molecule is CCOc1ccc(NS(=O)(=O)c2[nH]ncc2C(=O)NCc2ccc(C)cc2)cc1. The molecule has 0 bridgehead atoms. The van der Waals surface area contributed by atoms with Crippen molar-refractivity contribution in [1.29, 1.82) is 0 Å². The highest BCUT2D eigenvalue weighted by molar-refractivity contribution is 7.92. The number of carbonyl (C=O) groups excluding carboxylic acids is 1. The number of rotatable bonds is 8. The highest BCUT2D eigenvalue weighted by Gasteiger charge is 2.25. The van der Waals surface area contributed by atoms with E-state index in [1.165, 1.54) is 6.20 Å². The smallest absolute Gasteiger partial charge is 0.279 e. The molecule has 1 aromatic heterocycles. The number of nitrogens with one attached hydrogen (secondary N) is 3. The Morgan fingerprint density at radius 2 is 1.79 bits per heavy atom. The lowest BCUT2D eigenvalue weighted by atomic mass is 10.1. The molecule has 152 valence electrons. The number of H-pyrrole nitrogens is 1. The van der Waals surface area contributed by atoms with Gasteiger partial charge >= 0.3 is 0 Å². The molecule has 0 aliphatic rings. The minimum absolute atomic E-state index is 0.0597. The fourth-order valence-electron chi connectivity index (χ4n) is 2.62. The maximum Gasteiger partial charge on any atom is 0.279 e. The van der Waals surface area contributed by atoms with Gasteiger partial charge in [0.2, 0.25) is 0 Å². The molecule has 0 radical (unpaired) electrons. The van der Waals surface area contributed by atoms with Crippen LogP contribution in [0.2, 0.25) is 0 Å². The monoisotopic (exact) mass is 414 g/mol. The van der Waals surface area contributed by atoms with Crippen LogP contribution in [-0.4, -0.2) is 31.1 Å². The molecule has 0 unspecified atom stereocenters. The van der Waals surface area contributed by atoms with Crippen LogP contribution in [0.25, 0.3) is 0 Å². The van der Waals surface area contributed by atoms with Crippen molar-refractivity contribution in [3.05, 3.63) is 71.4 Å². The highest BCUT2D eigenvalue weighted by atomic mass is 32.2. The standard InChI is InChI=1S/C20H22N4O4S/c1-3-28-17-10-8-16(9-11-17)24-29(26,27)20-18(13-22-23-20)19(25)21-12-15-6-4-14(2)5-7-15/h4-11,13,24H,3,12H2,1-2H3,(H,21,25)(H,22,23). The van der Waals surface area contributed by atoms with E-state index in [1.807, 2.05) is 38.1 Å². The van der Waals surface area contributed by atoms with E-state index in [1.54, 1.807) is 24.3 Å². The molecular formula is C20H22N4O4S. The van der Waals surface area contributed by atoms with Crippen LogP contribution in [0.5, 0.6) is 5.75 Å². The van der Waals surface area contributed by atoms with Gasteiger partial charge in [-0.25, -0.2) is 0 Å². The molecule has 0 saturated carbocycles. The normalized spacial score (nSPS) is 11.1. The zero-order valence-corrected chi connectivity index (χ0v) is 16.9. The summed E-state index contributed by atoms with van der Waals surface area (Å²) in [5.74, 6) is 0.0968. The highest BCUT2D eigenvalue weighted by Crippen LogP contribution is 2.20. The summed E-state index contributed by atoms with van der Waals surface area (Å²) in [5, 5.41) is 8.54. The van der Waals surface area contributed by atoms with E-state index in [2.05, 4.69) is 20.2 Å². The van der Waals surface area contributed by atoms with Crippen molar-refractivity contribution < 1.29 is 17.9 Å². The number of aryl methyl sites for hydroxylation is 1. The third-order valence-corrected chi connectivity index (χ3v) is 5.46. The molecule has 0 aliphatic heterocycles. The van der Waals surface area contributed by atoms with Crippen molar-refractivity contribution >= 4 is 21.6 Å². The topological polar surface area (TPSA) is 113 Å². The third kappa shape index (κ3) is 5.14. The second-order valence-electron chi connectivity index (χ2n) is 6.34. The maximum absolute atomic E-state index is 12.7. The van der Waals surface area contributed by atoms with Crippen molar-refractivity contribution in [2.75, 3.05) is 11.3 Å². The Hall–Kier alpha value is -3.33. The Kier molecular flexibility index (Phi) is 6.18. The average molecular weight is 414 g/mol. The molecule has 8 nitrogen and oxygen atoms in total. The van der Waals surface area contributed by atoms with Gasteiger partial charge in [0, 0.05) is 12.2 Å². The fraction of sp³-hybridized carbons (Fsp3) is 0.200. The first-order valence-electron chi connectivity index (χ1n) is 9.02. The third-order valence-electron chi connectivity index (χ3n) is 4.11. The summed E-state index contributed by atoms with van der Waals surface area (Å²) in [7, 11) is -4.03. The fourth-order valence-corrected chi connectivity index (χ4v) is 3.77. The molecule has 0 aliphatic carbocycles. The lowest BCUT2D eigenvalue weighted by Crippen LogP contribution is -2.25. The first kappa shape index (κ1) is 20.4. The minimum Gasteiger partial charge on any atom is -0.494 e. The van der Waals surface area contributed by atoms with Gasteiger partial charge in [-0.15, -0.1) is 0 Å². The van der Waals surface area contributed by atoms with Crippen molar-refractivity contribution in [2.24, 2.45) is 0 Å². The number of hydrogen-bond donors (Lipinski definition) is 3. The maximum atomic E-state index is 12.7. The number of benzene rings is 2.